The molecule has 1 aliphatic rings. The Labute approximate surface area is 235 Å². The van der Waals surface area contributed by atoms with Crippen LogP contribution in [0.25, 0.3) is 16.9 Å². The van der Waals surface area contributed by atoms with Gasteiger partial charge in [-0.1, -0.05) is 6.07 Å². The van der Waals surface area contributed by atoms with Crippen LogP contribution in [0.4, 0.5) is 16.0 Å². The minimum absolute atomic E-state index is 0.0770. The smallest absolute Gasteiger partial charge is 0.252 e. The number of anilines is 2. The third-order valence-electron chi connectivity index (χ3n) is 7.74. The van der Waals surface area contributed by atoms with Crippen LogP contribution >= 0.6 is 0 Å². The molecule has 4 N–H and O–H groups in total. The number of fused-ring (bicyclic) bond motifs is 1. The van der Waals surface area contributed by atoms with Crippen LogP contribution in [0.2, 0.25) is 0 Å². The van der Waals surface area contributed by atoms with Gasteiger partial charge < -0.3 is 20.4 Å². The number of methoxy groups -OCH3 is 1. The maximum absolute atomic E-state index is 13.5. The van der Waals surface area contributed by atoms with E-state index < -0.39 is 11.4 Å². The van der Waals surface area contributed by atoms with Crippen LogP contribution in [0.5, 0.6) is 0 Å². The van der Waals surface area contributed by atoms with Crippen LogP contribution in [0.15, 0.2) is 49.1 Å². The van der Waals surface area contributed by atoms with Crippen molar-refractivity contribution in [3.8, 4) is 5.82 Å². The summed E-state index contributed by atoms with van der Waals surface area (Å²) in [7, 11) is 1.58. The molecule has 0 aromatic carbocycles. The van der Waals surface area contributed by atoms with Gasteiger partial charge in [-0.3, -0.25) is 9.89 Å². The van der Waals surface area contributed by atoms with Gasteiger partial charge in [0.2, 0.25) is 0 Å². The zero-order chi connectivity index (χ0) is 28.6. The van der Waals surface area contributed by atoms with Gasteiger partial charge in [0, 0.05) is 37.2 Å². The minimum atomic E-state index is -0.948. The largest absolute Gasteiger partial charge is 0.368 e. The predicted octanol–water partition coefficient (Wildman–Crippen LogP) is 4.37. The van der Waals surface area contributed by atoms with Gasteiger partial charge in [-0.15, -0.1) is 0 Å². The predicted molar refractivity (Wildman–Crippen MR) is 149 cm³/mol. The highest BCUT2D eigenvalue weighted by Gasteiger charge is 2.43. The number of aromatic nitrogens is 8. The molecule has 1 atom stereocenters. The van der Waals surface area contributed by atoms with E-state index in [1.54, 1.807) is 19.4 Å². The van der Waals surface area contributed by atoms with E-state index in [0.717, 1.165) is 34.3 Å². The highest BCUT2D eigenvalue weighted by Crippen LogP contribution is 2.40. The molecule has 1 amide bonds. The normalized spacial score (nSPS) is 19.8. The van der Waals surface area contributed by atoms with Crippen LogP contribution in [-0.2, 0) is 9.53 Å². The lowest BCUT2D eigenvalue weighted by atomic mass is 9.77. The lowest BCUT2D eigenvalue weighted by Gasteiger charge is -2.38. The Morgan fingerprint density at radius 2 is 2.05 bits per heavy atom. The molecule has 13 heteroatoms. The highest BCUT2D eigenvalue weighted by molar-refractivity contribution is 5.87. The average Bonchev–Trinajstić information content (AvgIpc) is 3.74. The molecule has 1 saturated carbocycles. The summed E-state index contributed by atoms with van der Waals surface area (Å²) < 4.78 is 20.5. The number of carbonyl (C=O) groups excluding carboxylic acids is 1. The maximum Gasteiger partial charge on any atom is 0.252 e. The van der Waals surface area contributed by atoms with E-state index in [2.05, 4.69) is 35.9 Å². The Balaban J connectivity index is 1.13. The van der Waals surface area contributed by atoms with E-state index in [4.69, 9.17) is 14.7 Å². The number of aromatic amines is 2. The number of ether oxygens (including phenoxy) is 1. The van der Waals surface area contributed by atoms with Gasteiger partial charge in [0.25, 0.3) is 5.91 Å². The fraction of sp³-hybridized carbons (Fsp3) is 0.357. The molecule has 212 valence electrons. The van der Waals surface area contributed by atoms with E-state index in [9.17, 15) is 9.18 Å². The van der Waals surface area contributed by atoms with Gasteiger partial charge in [-0.25, -0.2) is 24.0 Å². The number of hydrogen-bond donors (Lipinski definition) is 4. The van der Waals surface area contributed by atoms with Crippen molar-refractivity contribution in [2.24, 2.45) is 0 Å². The quantitative estimate of drug-likeness (QED) is 0.219. The molecule has 6 rings (SSSR count). The maximum atomic E-state index is 13.5. The molecule has 1 fully saturated rings. The lowest BCUT2D eigenvalue weighted by Crippen LogP contribution is -2.50. The number of nitrogens with one attached hydrogen (secondary N) is 4. The zero-order valence-electron chi connectivity index (χ0n) is 23.0. The summed E-state index contributed by atoms with van der Waals surface area (Å²) in [4.78, 5) is 30.7. The number of H-pyrrole nitrogens is 2. The first kappa shape index (κ1) is 26.6. The van der Waals surface area contributed by atoms with E-state index >= 15 is 0 Å². The second-order valence-corrected chi connectivity index (χ2v) is 10.5. The number of rotatable bonds is 8. The van der Waals surface area contributed by atoms with E-state index in [-0.39, 0.29) is 17.9 Å². The number of hydrogen-bond acceptors (Lipinski definition) is 8. The van der Waals surface area contributed by atoms with Gasteiger partial charge >= 0.3 is 0 Å². The molecule has 5 aromatic heterocycles. The number of aryl methyl sites for hydroxylation is 1. The Hall–Kier alpha value is -4.65. The first-order valence-corrected chi connectivity index (χ1v) is 13.5. The number of amides is 1. The summed E-state index contributed by atoms with van der Waals surface area (Å²) in [6.45, 7) is 3.83. The summed E-state index contributed by atoms with van der Waals surface area (Å²) in [6.07, 6.45) is 8.33. The molecule has 12 nitrogen and oxygen atoms in total. The summed E-state index contributed by atoms with van der Waals surface area (Å²) in [5, 5.41) is 17.5. The van der Waals surface area contributed by atoms with Crippen LogP contribution in [0.3, 0.4) is 0 Å². The third kappa shape index (κ3) is 5.27. The lowest BCUT2D eigenvalue weighted by molar-refractivity contribution is -0.148. The Morgan fingerprint density at radius 1 is 1.22 bits per heavy atom. The van der Waals surface area contributed by atoms with Crippen LogP contribution in [0.1, 0.15) is 61.6 Å². The summed E-state index contributed by atoms with van der Waals surface area (Å²) in [5.74, 6) is 2.03. The third-order valence-corrected chi connectivity index (χ3v) is 7.74. The Bertz CT molecular complexity index is 1670. The second kappa shape index (κ2) is 10.7. The van der Waals surface area contributed by atoms with Gasteiger partial charge in [0.15, 0.2) is 23.3 Å². The van der Waals surface area contributed by atoms with Crippen molar-refractivity contribution in [3.05, 3.63) is 72.0 Å². The van der Waals surface area contributed by atoms with Crippen molar-refractivity contribution in [1.29, 1.82) is 0 Å². The first-order valence-electron chi connectivity index (χ1n) is 13.5. The fourth-order valence-corrected chi connectivity index (χ4v) is 5.33. The standard InChI is InChI=1S/C28H31FN10O2/c1-16-12-22(38-37-16)35-26-24-21(8-11-30-24)34-25(36-26)18-6-9-28(41-3,10-7-18)27(40)33-17(2)19-4-5-23(31-13-19)39-15-20(29)14-32-39/h4-5,8,11-15,17-18,30H,6-7,9-10H2,1-3H3,(H,33,40)(H2,34,35,36,37,38)/t17-,18-,28+/m0/s1. The molecular weight excluding hydrogens is 527 g/mol. The molecule has 0 saturated heterocycles. The summed E-state index contributed by atoms with van der Waals surface area (Å²) in [5.41, 5.74) is 2.44. The molecule has 0 spiro atoms. The Kier molecular flexibility index (Phi) is 6.95. The van der Waals surface area contributed by atoms with Crippen LogP contribution in [0, 0.1) is 12.7 Å². The molecular formula is C28H31FN10O2. The summed E-state index contributed by atoms with van der Waals surface area (Å²) in [6, 6.07) is 7.11. The van der Waals surface area contributed by atoms with E-state index in [0.29, 0.717) is 43.1 Å². The van der Waals surface area contributed by atoms with Gasteiger partial charge in [-0.2, -0.15) is 10.2 Å². The highest BCUT2D eigenvalue weighted by atomic mass is 19.1. The molecule has 0 aliphatic heterocycles. The fourth-order valence-electron chi connectivity index (χ4n) is 5.33. The first-order chi connectivity index (χ1) is 19.8. The average molecular weight is 559 g/mol. The molecule has 0 radical (unpaired) electrons. The van der Waals surface area contributed by atoms with E-state index in [1.165, 1.54) is 10.9 Å². The zero-order valence-corrected chi connectivity index (χ0v) is 23.0. The number of pyridine rings is 1. The second-order valence-electron chi connectivity index (χ2n) is 10.5. The molecule has 41 heavy (non-hydrogen) atoms. The van der Waals surface area contributed by atoms with Crippen molar-refractivity contribution < 1.29 is 13.9 Å². The van der Waals surface area contributed by atoms with Crippen molar-refractivity contribution in [3.63, 3.8) is 0 Å². The van der Waals surface area contributed by atoms with Crippen molar-refractivity contribution in [2.75, 3.05) is 12.4 Å². The minimum Gasteiger partial charge on any atom is -0.368 e. The monoisotopic (exact) mass is 558 g/mol. The summed E-state index contributed by atoms with van der Waals surface area (Å²) >= 11 is 0. The van der Waals surface area contributed by atoms with Crippen molar-refractivity contribution >= 4 is 28.6 Å². The number of halogens is 1. The van der Waals surface area contributed by atoms with Gasteiger partial charge in [0.05, 0.1) is 24.0 Å². The van der Waals surface area contributed by atoms with Crippen LogP contribution in [-0.4, -0.2) is 58.5 Å². The Morgan fingerprint density at radius 3 is 2.71 bits per heavy atom. The van der Waals surface area contributed by atoms with Crippen molar-refractivity contribution in [2.45, 2.75) is 57.1 Å². The van der Waals surface area contributed by atoms with Gasteiger partial charge in [-0.05, 0) is 57.2 Å². The molecule has 1 aliphatic carbocycles. The van der Waals surface area contributed by atoms with Crippen molar-refractivity contribution in [1.82, 2.24) is 45.2 Å². The molecule has 0 unspecified atom stereocenters. The number of carbonyl (C=O) groups is 1. The molecule has 5 heterocycles. The van der Waals surface area contributed by atoms with Gasteiger partial charge in [0.1, 0.15) is 16.9 Å². The number of nitrogens with zero attached hydrogens (tertiary/aromatic N) is 6. The topological polar surface area (TPSA) is 151 Å². The molecule has 5 aromatic rings. The van der Waals surface area contributed by atoms with E-state index in [1.807, 2.05) is 38.2 Å². The molecule has 0 bridgehead atoms. The van der Waals surface area contributed by atoms with Crippen LogP contribution < -0.4 is 10.6 Å². The SMILES string of the molecule is CO[C@]1(C(=O)N[C@@H](C)c2ccc(-n3cc(F)cn3)nc2)CC[C@H](c2nc(Nc3cc(C)[nH]n3)c3[nH]ccc3n2)CC1.